The number of aryl methyl sites for hydroxylation is 4. The summed E-state index contributed by atoms with van der Waals surface area (Å²) in [5.74, 6) is 4.06. The topological polar surface area (TPSA) is 390 Å². The molecule has 8 heterocycles. The van der Waals surface area contributed by atoms with E-state index in [-0.39, 0.29) is 30.9 Å². The van der Waals surface area contributed by atoms with E-state index in [1.165, 1.54) is 36.0 Å². The van der Waals surface area contributed by atoms with Gasteiger partial charge in [-0.15, -0.1) is 0 Å². The van der Waals surface area contributed by atoms with Gasteiger partial charge < -0.3 is 75.9 Å². The molecule has 23 nitrogen and oxygen atoms in total. The Kier molecular flexibility index (Phi) is 26.5. The number of hydrogen-bond donors (Lipinski definition) is 10. The van der Waals surface area contributed by atoms with Gasteiger partial charge in [0.25, 0.3) is 5.56 Å². The van der Waals surface area contributed by atoms with Crippen LogP contribution in [0.1, 0.15) is 52.5 Å². The number of H-pyrrole nitrogens is 1. The number of aliphatic hydroxyl groups is 3. The lowest BCUT2D eigenvalue weighted by Crippen LogP contribution is -2.30. The van der Waals surface area contributed by atoms with Crippen molar-refractivity contribution in [3.8, 4) is 33.4 Å². The molecule has 10 aromatic rings. The molecule has 0 saturated heterocycles. The average molecular weight is 1220 g/mol. The number of nitrogens with two attached hydrogens (primary N) is 4. The first-order chi connectivity index (χ1) is 38.3. The zero-order valence-corrected chi connectivity index (χ0v) is 47.4. The fourth-order valence-corrected chi connectivity index (χ4v) is 7.18. The van der Waals surface area contributed by atoms with Gasteiger partial charge in [0.05, 0.1) is 47.8 Å². The summed E-state index contributed by atoms with van der Waals surface area (Å²) >= 11 is 6.53. The predicted molar refractivity (Wildman–Crippen MR) is 313 cm³/mol. The van der Waals surface area contributed by atoms with E-state index in [9.17, 15) is 9.59 Å². The molecule has 2 aromatic carbocycles. The number of aliphatic hydroxyl groups excluding tert-OH is 3. The van der Waals surface area contributed by atoms with Crippen molar-refractivity contribution < 1.29 is 43.5 Å². The smallest absolute Gasteiger partial charge is 0.423 e. The lowest BCUT2D eigenvalue weighted by Gasteiger charge is -2.08. The molecule has 0 saturated carbocycles. The summed E-state index contributed by atoms with van der Waals surface area (Å²) in [6, 6.07) is 33.1. The molecule has 0 fully saturated rings. The summed E-state index contributed by atoms with van der Waals surface area (Å²) in [5, 5.41) is 57.7. The summed E-state index contributed by atoms with van der Waals surface area (Å²) in [6.45, 7) is 9.37. The molecular weight excluding hydrogens is 1160 g/mol. The largest absolute Gasteiger partial charge is 0.490 e. The third-order valence-electron chi connectivity index (χ3n) is 10.6. The van der Waals surface area contributed by atoms with Crippen LogP contribution in [0.5, 0.6) is 0 Å². The standard InChI is InChI=1S/C16H15N3O2.C10H11N3O2.C9H9N3O2.C7H7Br.C6H8BNO3.C4H5BrN2O.C2H6O/c1-11-15(16(17)18-21-11)13-7-8-14(20)19(10-13)9-12-5-3-2-4-6-12;1-6-9(10(11)13-15-6)7-2-3-8(5-14)12-4-7;1-5-8(9(10)12-14-5)6-2-3-7(13)11-4-6;8-6-7-4-2-1-3-5-7;9-4-6-2-1-5(3-8-6)7(10)11;1-2-3(5)4(6)7-8-2;1-2-3/h2-8,10H,9H2,1H3,(H2,17,18);2-4,14H,5H2,1H3,(H2,11,13);2-4H,1H3,(H2,10,12)(H,11,13);1-5H,6H2;1-3,9-11H,4H2;1H3,(H2,6,7);3H,2H2,1H3. The Balaban J connectivity index is 0.000000211. The van der Waals surface area contributed by atoms with E-state index < -0.39 is 7.12 Å². The zero-order chi connectivity index (χ0) is 58.7. The average Bonchev–Trinajstić information content (AvgIpc) is 4.21. The highest BCUT2D eigenvalue weighted by molar-refractivity contribution is 9.10. The number of rotatable bonds is 9. The molecule has 420 valence electrons. The Hall–Kier alpha value is -8.50. The molecule has 0 aliphatic heterocycles. The van der Waals surface area contributed by atoms with Crippen molar-refractivity contribution >= 4 is 67.7 Å². The Morgan fingerprint density at radius 2 is 1.02 bits per heavy atom. The molecule has 14 N–H and O–H groups in total. The molecular formula is C54H61BBr2N12O11. The van der Waals surface area contributed by atoms with Crippen molar-refractivity contribution in [3.63, 3.8) is 0 Å². The first kappa shape index (κ1) is 64.0. The van der Waals surface area contributed by atoms with Gasteiger partial charge in [0.1, 0.15) is 27.5 Å². The molecule has 10 rings (SSSR count). The highest BCUT2D eigenvalue weighted by Gasteiger charge is 2.15. The molecule has 0 radical (unpaired) electrons. The Morgan fingerprint density at radius 3 is 1.39 bits per heavy atom. The first-order valence-electron chi connectivity index (χ1n) is 24.0. The molecule has 8 aromatic heterocycles. The van der Waals surface area contributed by atoms with Crippen LogP contribution in [0.4, 0.5) is 23.3 Å². The van der Waals surface area contributed by atoms with E-state index in [0.717, 1.165) is 48.7 Å². The van der Waals surface area contributed by atoms with Crippen LogP contribution in [0.2, 0.25) is 0 Å². The van der Waals surface area contributed by atoms with E-state index in [1.807, 2.05) is 54.6 Å². The van der Waals surface area contributed by atoms with Crippen LogP contribution in [0.25, 0.3) is 33.4 Å². The minimum Gasteiger partial charge on any atom is -0.423 e. The lowest BCUT2D eigenvalue weighted by atomic mass is 9.82. The number of nitrogen functional groups attached to an aromatic ring is 4. The van der Waals surface area contributed by atoms with Gasteiger partial charge in [-0.3, -0.25) is 19.6 Å². The van der Waals surface area contributed by atoms with Crippen molar-refractivity contribution in [2.24, 2.45) is 0 Å². The highest BCUT2D eigenvalue weighted by atomic mass is 79.9. The molecule has 0 aliphatic carbocycles. The summed E-state index contributed by atoms with van der Waals surface area (Å²) in [7, 11) is -1.49. The number of hydrogen-bond acceptors (Lipinski definition) is 21. The van der Waals surface area contributed by atoms with Gasteiger partial charge in [0.15, 0.2) is 23.3 Å². The molecule has 0 atom stereocenters. The number of aromatic amines is 1. The van der Waals surface area contributed by atoms with Crippen LogP contribution in [-0.2, 0) is 25.1 Å². The van der Waals surface area contributed by atoms with Crippen molar-refractivity contribution in [2.75, 3.05) is 29.5 Å². The van der Waals surface area contributed by atoms with Crippen molar-refractivity contribution in [1.29, 1.82) is 0 Å². The van der Waals surface area contributed by atoms with Crippen LogP contribution < -0.4 is 39.5 Å². The third kappa shape index (κ3) is 19.8. The maximum absolute atomic E-state index is 12.0. The fourth-order valence-electron chi connectivity index (χ4n) is 6.66. The number of nitrogens with one attached hydrogen (secondary N) is 1. The zero-order valence-electron chi connectivity index (χ0n) is 44.2. The van der Waals surface area contributed by atoms with Crippen molar-refractivity contribution in [1.82, 2.24) is 40.1 Å². The summed E-state index contributed by atoms with van der Waals surface area (Å²) < 4.78 is 22.0. The van der Waals surface area contributed by atoms with E-state index in [0.29, 0.717) is 69.7 Å². The highest BCUT2D eigenvalue weighted by Crippen LogP contribution is 2.30. The quantitative estimate of drug-likeness (QED) is 0.0534. The Morgan fingerprint density at radius 1 is 0.575 bits per heavy atom. The van der Waals surface area contributed by atoms with Crippen LogP contribution >= 0.6 is 31.9 Å². The number of nitrogens with zero attached hydrogens (tertiary/aromatic N) is 7. The van der Waals surface area contributed by atoms with Gasteiger partial charge in [-0.25, -0.2) is 0 Å². The summed E-state index contributed by atoms with van der Waals surface area (Å²) in [6.07, 6.45) is 6.32. The maximum atomic E-state index is 12.0. The lowest BCUT2D eigenvalue weighted by molar-refractivity contribution is 0.276. The third-order valence-corrected chi connectivity index (χ3v) is 12.2. The fraction of sp³-hybridized carbons (Fsp3) is 0.185. The van der Waals surface area contributed by atoms with Crippen molar-refractivity contribution in [3.05, 3.63) is 205 Å². The van der Waals surface area contributed by atoms with Gasteiger partial charge in [-0.1, -0.05) is 109 Å². The van der Waals surface area contributed by atoms with Crippen LogP contribution in [-0.4, -0.2) is 79.2 Å². The van der Waals surface area contributed by atoms with E-state index in [2.05, 4.69) is 84.1 Å². The molecule has 26 heteroatoms. The molecule has 80 heavy (non-hydrogen) atoms. The van der Waals surface area contributed by atoms with Crippen molar-refractivity contribution in [2.45, 2.75) is 59.7 Å². The SMILES string of the molecule is BrCc1ccccc1.CCO.Cc1onc(N)c1-c1ccc(=O)[nH]c1.Cc1onc(N)c1-c1ccc(=O)n(Cc2ccccc2)c1.Cc1onc(N)c1-c1ccc(CO)nc1.Cc1onc(N)c1Br.OCc1ccc(B(O)O)cn1. The van der Waals surface area contributed by atoms with Gasteiger partial charge in [-0.05, 0) is 85.9 Å². The van der Waals surface area contributed by atoms with Gasteiger partial charge in [-0.2, -0.15) is 0 Å². The monoisotopic (exact) mass is 1220 g/mol. The summed E-state index contributed by atoms with van der Waals surface area (Å²) in [5.41, 5.74) is 30.7. The van der Waals surface area contributed by atoms with Crippen LogP contribution in [0, 0.1) is 27.7 Å². The Labute approximate surface area is 476 Å². The molecule has 0 amide bonds. The van der Waals surface area contributed by atoms with Gasteiger partial charge in [0, 0.05) is 71.0 Å². The van der Waals surface area contributed by atoms with Gasteiger partial charge >= 0.3 is 7.12 Å². The number of alkyl halides is 1. The normalized spacial score (nSPS) is 10.1. The van der Waals surface area contributed by atoms with Crippen LogP contribution in [0.15, 0.2) is 166 Å². The Bertz CT molecular complexity index is 3420. The molecule has 0 bridgehead atoms. The van der Waals surface area contributed by atoms with Crippen LogP contribution in [0.3, 0.4) is 0 Å². The summed E-state index contributed by atoms with van der Waals surface area (Å²) in [4.78, 5) is 33.2. The maximum Gasteiger partial charge on any atom is 0.490 e. The second-order valence-corrected chi connectivity index (χ2v) is 17.8. The number of aromatic nitrogens is 8. The first-order valence-corrected chi connectivity index (χ1v) is 25.9. The number of pyridine rings is 4. The number of benzene rings is 2. The van der Waals surface area contributed by atoms with E-state index in [1.54, 1.807) is 76.0 Å². The minimum absolute atomic E-state index is 0.0599. The van der Waals surface area contributed by atoms with E-state index in [4.69, 9.17) is 61.9 Å². The number of anilines is 4. The van der Waals surface area contributed by atoms with E-state index >= 15 is 0 Å². The van der Waals surface area contributed by atoms with Gasteiger partial charge in [0.2, 0.25) is 5.56 Å². The molecule has 0 aliphatic rings. The second kappa shape index (κ2) is 33.1. The predicted octanol–water partition coefficient (Wildman–Crippen LogP) is 6.64. The molecule has 0 unspecified atom stereocenters. The number of halogens is 2. The second-order valence-electron chi connectivity index (χ2n) is 16.5. The molecule has 0 spiro atoms. The minimum atomic E-state index is -1.49.